The molecule has 1 unspecified atom stereocenters. The molecular formula is C13H23N5. The summed E-state index contributed by atoms with van der Waals surface area (Å²) in [5, 5.41) is 3.15. The highest BCUT2D eigenvalue weighted by atomic mass is 15.2. The summed E-state index contributed by atoms with van der Waals surface area (Å²) < 4.78 is 0. The van der Waals surface area contributed by atoms with Crippen LogP contribution in [0.1, 0.15) is 19.8 Å². The highest BCUT2D eigenvalue weighted by Crippen LogP contribution is 2.18. The van der Waals surface area contributed by atoms with E-state index in [9.17, 15) is 0 Å². The van der Waals surface area contributed by atoms with Crippen LogP contribution >= 0.6 is 0 Å². The van der Waals surface area contributed by atoms with Crippen molar-refractivity contribution < 1.29 is 0 Å². The monoisotopic (exact) mass is 249 g/mol. The van der Waals surface area contributed by atoms with Gasteiger partial charge in [0.15, 0.2) is 0 Å². The number of hydrogen-bond acceptors (Lipinski definition) is 5. The standard InChI is InChI=1S/C13H23N5/c1-4-14-13-15-8-7-12(16-13)18(3)10-11-6-5-9-17(11)2/h7-8,11H,4-6,9-10H2,1-3H3,(H,14,15,16). The maximum atomic E-state index is 4.51. The van der Waals surface area contributed by atoms with Crippen molar-refractivity contribution in [1.29, 1.82) is 0 Å². The molecule has 100 valence electrons. The molecule has 0 aliphatic carbocycles. The van der Waals surface area contributed by atoms with Crippen LogP contribution in [-0.4, -0.2) is 54.6 Å². The SMILES string of the molecule is CCNc1nccc(N(C)CC2CCCN2C)n1. The van der Waals surface area contributed by atoms with Gasteiger partial charge in [-0.1, -0.05) is 0 Å². The Balaban J connectivity index is 1.99. The summed E-state index contributed by atoms with van der Waals surface area (Å²) in [6, 6.07) is 2.61. The summed E-state index contributed by atoms with van der Waals surface area (Å²) in [4.78, 5) is 13.4. The third-order valence-corrected chi connectivity index (χ3v) is 3.52. The van der Waals surface area contributed by atoms with Gasteiger partial charge >= 0.3 is 0 Å². The van der Waals surface area contributed by atoms with Crippen LogP contribution in [-0.2, 0) is 0 Å². The molecule has 0 aromatic carbocycles. The second-order valence-electron chi connectivity index (χ2n) is 4.93. The van der Waals surface area contributed by atoms with E-state index in [0.717, 1.165) is 18.9 Å². The Morgan fingerprint density at radius 3 is 3.06 bits per heavy atom. The van der Waals surface area contributed by atoms with E-state index in [1.54, 1.807) is 0 Å². The summed E-state index contributed by atoms with van der Waals surface area (Å²) in [6.07, 6.45) is 4.41. The summed E-state index contributed by atoms with van der Waals surface area (Å²) in [6.45, 7) is 5.13. The van der Waals surface area contributed by atoms with E-state index < -0.39 is 0 Å². The van der Waals surface area contributed by atoms with Crippen molar-refractivity contribution in [1.82, 2.24) is 14.9 Å². The van der Waals surface area contributed by atoms with Crippen LogP contribution in [0.15, 0.2) is 12.3 Å². The predicted octanol–water partition coefficient (Wildman–Crippen LogP) is 1.44. The minimum Gasteiger partial charge on any atom is -0.358 e. The van der Waals surface area contributed by atoms with Gasteiger partial charge in [0.2, 0.25) is 5.95 Å². The zero-order valence-electron chi connectivity index (χ0n) is 11.6. The van der Waals surface area contributed by atoms with Crippen LogP contribution in [0.5, 0.6) is 0 Å². The maximum absolute atomic E-state index is 4.51. The summed E-state index contributed by atoms with van der Waals surface area (Å²) in [7, 11) is 4.31. The molecule has 1 N–H and O–H groups in total. The molecule has 18 heavy (non-hydrogen) atoms. The molecular weight excluding hydrogens is 226 g/mol. The van der Waals surface area contributed by atoms with Gasteiger partial charge in [-0.3, -0.25) is 0 Å². The van der Waals surface area contributed by atoms with Gasteiger partial charge in [-0.05, 0) is 39.4 Å². The number of aromatic nitrogens is 2. The molecule has 0 amide bonds. The lowest BCUT2D eigenvalue weighted by molar-refractivity contribution is 0.314. The number of nitrogens with one attached hydrogen (secondary N) is 1. The minimum atomic E-state index is 0.646. The first-order chi connectivity index (χ1) is 8.70. The lowest BCUT2D eigenvalue weighted by Gasteiger charge is -2.26. The third-order valence-electron chi connectivity index (χ3n) is 3.52. The molecule has 1 aliphatic rings. The van der Waals surface area contributed by atoms with Crippen molar-refractivity contribution in [3.63, 3.8) is 0 Å². The number of likely N-dealkylation sites (tertiary alicyclic amines) is 1. The van der Waals surface area contributed by atoms with Crippen molar-refractivity contribution in [3.05, 3.63) is 12.3 Å². The van der Waals surface area contributed by atoms with E-state index in [4.69, 9.17) is 0 Å². The molecule has 0 bridgehead atoms. The van der Waals surface area contributed by atoms with Crippen LogP contribution in [0.25, 0.3) is 0 Å². The highest BCUT2D eigenvalue weighted by molar-refractivity contribution is 5.41. The van der Waals surface area contributed by atoms with Gasteiger partial charge in [0.05, 0.1) is 0 Å². The first-order valence-electron chi connectivity index (χ1n) is 6.69. The molecule has 2 heterocycles. The normalized spacial score (nSPS) is 20.1. The van der Waals surface area contributed by atoms with E-state index in [1.807, 2.05) is 19.2 Å². The fourth-order valence-electron chi connectivity index (χ4n) is 2.42. The van der Waals surface area contributed by atoms with Gasteiger partial charge in [0.25, 0.3) is 0 Å². The Bertz CT molecular complexity index is 381. The first kappa shape index (κ1) is 13.1. The van der Waals surface area contributed by atoms with Crippen LogP contribution in [0.3, 0.4) is 0 Å². The van der Waals surface area contributed by atoms with Crippen molar-refractivity contribution in [3.8, 4) is 0 Å². The van der Waals surface area contributed by atoms with Crippen LogP contribution in [0.4, 0.5) is 11.8 Å². The van der Waals surface area contributed by atoms with Gasteiger partial charge in [-0.2, -0.15) is 4.98 Å². The molecule has 1 aliphatic heterocycles. The fourth-order valence-corrected chi connectivity index (χ4v) is 2.42. The molecule has 5 nitrogen and oxygen atoms in total. The minimum absolute atomic E-state index is 0.646. The predicted molar refractivity (Wildman–Crippen MR) is 75.1 cm³/mol. The van der Waals surface area contributed by atoms with Crippen molar-refractivity contribution in [2.24, 2.45) is 0 Å². The second-order valence-corrected chi connectivity index (χ2v) is 4.93. The van der Waals surface area contributed by atoms with Crippen molar-refractivity contribution >= 4 is 11.8 Å². The molecule has 0 spiro atoms. The number of nitrogens with zero attached hydrogens (tertiary/aromatic N) is 4. The third kappa shape index (κ3) is 3.10. The lowest BCUT2D eigenvalue weighted by Crippen LogP contribution is -2.37. The van der Waals surface area contributed by atoms with Crippen molar-refractivity contribution in [2.75, 3.05) is 43.9 Å². The molecule has 5 heteroatoms. The molecule has 1 aromatic heterocycles. The first-order valence-corrected chi connectivity index (χ1v) is 6.69. The van der Waals surface area contributed by atoms with Gasteiger partial charge in [0, 0.05) is 32.4 Å². The lowest BCUT2D eigenvalue weighted by atomic mass is 10.2. The quantitative estimate of drug-likeness (QED) is 0.855. The molecule has 0 radical (unpaired) electrons. The number of anilines is 2. The molecule has 1 aromatic rings. The van der Waals surface area contributed by atoms with E-state index in [1.165, 1.54) is 19.4 Å². The second kappa shape index (κ2) is 6.00. The van der Waals surface area contributed by atoms with E-state index >= 15 is 0 Å². The zero-order chi connectivity index (χ0) is 13.0. The van der Waals surface area contributed by atoms with Crippen LogP contribution < -0.4 is 10.2 Å². The maximum Gasteiger partial charge on any atom is 0.224 e. The van der Waals surface area contributed by atoms with E-state index in [-0.39, 0.29) is 0 Å². The largest absolute Gasteiger partial charge is 0.358 e. The Kier molecular flexibility index (Phi) is 4.36. The average Bonchev–Trinajstić information content (AvgIpc) is 2.76. The number of likely N-dealkylation sites (N-methyl/N-ethyl adjacent to an activating group) is 2. The Labute approximate surface area is 109 Å². The average molecular weight is 249 g/mol. The van der Waals surface area contributed by atoms with Crippen LogP contribution in [0, 0.1) is 0 Å². The Morgan fingerprint density at radius 2 is 2.39 bits per heavy atom. The Morgan fingerprint density at radius 1 is 1.56 bits per heavy atom. The van der Waals surface area contributed by atoms with E-state index in [0.29, 0.717) is 12.0 Å². The number of rotatable bonds is 5. The number of hydrogen-bond donors (Lipinski definition) is 1. The topological polar surface area (TPSA) is 44.3 Å². The smallest absolute Gasteiger partial charge is 0.224 e. The van der Waals surface area contributed by atoms with Gasteiger partial charge in [-0.15, -0.1) is 0 Å². The van der Waals surface area contributed by atoms with E-state index in [2.05, 4.69) is 39.2 Å². The molecule has 1 saturated heterocycles. The molecule has 1 atom stereocenters. The summed E-state index contributed by atoms with van der Waals surface area (Å²) >= 11 is 0. The van der Waals surface area contributed by atoms with Crippen LogP contribution in [0.2, 0.25) is 0 Å². The van der Waals surface area contributed by atoms with Gasteiger partial charge in [-0.25, -0.2) is 4.98 Å². The summed E-state index contributed by atoms with van der Waals surface area (Å²) in [5.74, 6) is 1.70. The zero-order valence-corrected chi connectivity index (χ0v) is 11.6. The Hall–Kier alpha value is -1.36. The van der Waals surface area contributed by atoms with Crippen molar-refractivity contribution in [2.45, 2.75) is 25.8 Å². The highest BCUT2D eigenvalue weighted by Gasteiger charge is 2.22. The molecule has 1 fully saturated rings. The molecule has 0 saturated carbocycles. The fraction of sp³-hybridized carbons (Fsp3) is 0.692. The van der Waals surface area contributed by atoms with Gasteiger partial charge in [0.1, 0.15) is 5.82 Å². The molecule has 2 rings (SSSR count). The van der Waals surface area contributed by atoms with Gasteiger partial charge < -0.3 is 15.1 Å². The summed E-state index contributed by atoms with van der Waals surface area (Å²) in [5.41, 5.74) is 0.